The summed E-state index contributed by atoms with van der Waals surface area (Å²) in [6, 6.07) is 21.3. The van der Waals surface area contributed by atoms with Gasteiger partial charge in [0.1, 0.15) is 11.4 Å². The van der Waals surface area contributed by atoms with Gasteiger partial charge < -0.3 is 14.5 Å². The number of nitrogens with one attached hydrogen (secondary N) is 1. The molecule has 0 bridgehead atoms. The van der Waals surface area contributed by atoms with Gasteiger partial charge in [-0.15, -0.1) is 0 Å². The predicted molar refractivity (Wildman–Crippen MR) is 109 cm³/mol. The fourth-order valence-electron chi connectivity index (χ4n) is 3.10. The molecule has 0 aliphatic carbocycles. The van der Waals surface area contributed by atoms with E-state index in [1.54, 1.807) is 12.1 Å². The molecule has 0 aliphatic heterocycles. The minimum Gasteiger partial charge on any atom is -0.410 e. The SMILES string of the molecule is Cc1ccc(-c2nc3ccc(C)cn3c2CNC(=O)Oc2ccccc2)cc1. The lowest BCUT2D eigenvalue weighted by Crippen LogP contribution is -2.27. The Morgan fingerprint density at radius 3 is 2.43 bits per heavy atom. The Morgan fingerprint density at radius 2 is 1.68 bits per heavy atom. The Morgan fingerprint density at radius 1 is 0.964 bits per heavy atom. The number of fused-ring (bicyclic) bond motifs is 1. The normalized spacial score (nSPS) is 10.8. The number of aryl methyl sites for hydroxylation is 2. The van der Waals surface area contributed by atoms with Gasteiger partial charge in [0.2, 0.25) is 0 Å². The van der Waals surface area contributed by atoms with Crippen molar-refractivity contribution in [1.82, 2.24) is 14.7 Å². The third-order valence-corrected chi connectivity index (χ3v) is 4.54. The van der Waals surface area contributed by atoms with Crippen molar-refractivity contribution in [3.8, 4) is 17.0 Å². The van der Waals surface area contributed by atoms with Crippen LogP contribution in [0.1, 0.15) is 16.8 Å². The number of aromatic nitrogens is 2. The van der Waals surface area contributed by atoms with Crippen molar-refractivity contribution >= 4 is 11.7 Å². The number of carbonyl (C=O) groups is 1. The summed E-state index contributed by atoms with van der Waals surface area (Å²) in [5, 5.41) is 2.84. The van der Waals surface area contributed by atoms with Crippen molar-refractivity contribution < 1.29 is 9.53 Å². The first-order valence-electron chi connectivity index (χ1n) is 9.15. The molecule has 2 aromatic carbocycles. The Hall–Kier alpha value is -3.60. The van der Waals surface area contributed by atoms with Crippen molar-refractivity contribution in [3.05, 3.63) is 89.7 Å². The van der Waals surface area contributed by atoms with Crippen LogP contribution in [0.4, 0.5) is 4.79 Å². The molecule has 0 radical (unpaired) electrons. The van der Waals surface area contributed by atoms with Gasteiger partial charge >= 0.3 is 6.09 Å². The molecule has 28 heavy (non-hydrogen) atoms. The van der Waals surface area contributed by atoms with Crippen molar-refractivity contribution in [2.75, 3.05) is 0 Å². The second-order valence-corrected chi connectivity index (χ2v) is 6.76. The van der Waals surface area contributed by atoms with Gasteiger partial charge in [0.15, 0.2) is 0 Å². The van der Waals surface area contributed by atoms with Gasteiger partial charge in [-0.25, -0.2) is 9.78 Å². The summed E-state index contributed by atoms with van der Waals surface area (Å²) in [5.74, 6) is 0.507. The van der Waals surface area contributed by atoms with E-state index in [-0.39, 0.29) is 0 Å². The average molecular weight is 371 g/mol. The van der Waals surface area contributed by atoms with Crippen molar-refractivity contribution in [1.29, 1.82) is 0 Å². The number of para-hydroxylation sites is 1. The number of hydrogen-bond donors (Lipinski definition) is 1. The predicted octanol–water partition coefficient (Wildman–Crippen LogP) is 4.91. The Labute approximate surface area is 163 Å². The van der Waals surface area contributed by atoms with Crippen molar-refractivity contribution in [2.45, 2.75) is 20.4 Å². The second kappa shape index (κ2) is 7.56. The molecule has 0 unspecified atom stereocenters. The first kappa shape index (κ1) is 17.8. The van der Waals surface area contributed by atoms with Crippen LogP contribution < -0.4 is 10.1 Å². The second-order valence-electron chi connectivity index (χ2n) is 6.76. The van der Waals surface area contributed by atoms with E-state index in [0.717, 1.165) is 28.2 Å². The minimum atomic E-state index is -0.497. The maximum absolute atomic E-state index is 12.2. The van der Waals surface area contributed by atoms with E-state index in [4.69, 9.17) is 9.72 Å². The summed E-state index contributed by atoms with van der Waals surface area (Å²) in [6.45, 7) is 4.39. The standard InChI is InChI=1S/C23H21N3O2/c1-16-8-11-18(12-9-16)22-20(26-15-17(2)10-13-21(26)25-22)14-24-23(27)28-19-6-4-3-5-7-19/h3-13,15H,14H2,1-2H3,(H,24,27). The highest BCUT2D eigenvalue weighted by Gasteiger charge is 2.15. The van der Waals surface area contributed by atoms with Crippen LogP contribution in [0.25, 0.3) is 16.9 Å². The van der Waals surface area contributed by atoms with Crippen LogP contribution in [0.5, 0.6) is 5.75 Å². The highest BCUT2D eigenvalue weighted by atomic mass is 16.6. The molecule has 2 aromatic heterocycles. The fraction of sp³-hybridized carbons (Fsp3) is 0.130. The van der Waals surface area contributed by atoms with E-state index in [1.807, 2.05) is 47.9 Å². The largest absolute Gasteiger partial charge is 0.412 e. The molecule has 2 heterocycles. The van der Waals surface area contributed by atoms with E-state index < -0.39 is 6.09 Å². The van der Waals surface area contributed by atoms with Crippen molar-refractivity contribution in [2.24, 2.45) is 0 Å². The molecule has 0 saturated heterocycles. The van der Waals surface area contributed by atoms with Crippen molar-refractivity contribution in [3.63, 3.8) is 0 Å². The highest BCUT2D eigenvalue weighted by molar-refractivity contribution is 5.72. The van der Waals surface area contributed by atoms with Gasteiger partial charge in [-0.05, 0) is 37.6 Å². The molecule has 1 N–H and O–H groups in total. The van der Waals surface area contributed by atoms with Crippen LogP contribution in [0.2, 0.25) is 0 Å². The summed E-state index contributed by atoms with van der Waals surface area (Å²) in [6.07, 6.45) is 1.53. The van der Waals surface area contributed by atoms with Crippen LogP contribution in [0.15, 0.2) is 72.9 Å². The number of benzene rings is 2. The molecular formula is C23H21N3O2. The summed E-state index contributed by atoms with van der Waals surface area (Å²) < 4.78 is 7.35. The van der Waals surface area contributed by atoms with E-state index in [9.17, 15) is 4.79 Å². The Bertz CT molecular complexity index is 1120. The average Bonchev–Trinajstić information content (AvgIpc) is 3.05. The van der Waals surface area contributed by atoms with E-state index in [0.29, 0.717) is 12.3 Å². The molecular weight excluding hydrogens is 350 g/mol. The smallest absolute Gasteiger partial charge is 0.410 e. The summed E-state index contributed by atoms with van der Waals surface area (Å²) in [7, 11) is 0. The quantitative estimate of drug-likeness (QED) is 0.555. The summed E-state index contributed by atoms with van der Waals surface area (Å²) in [4.78, 5) is 17.0. The number of imidazole rings is 1. The molecule has 1 amide bonds. The highest BCUT2D eigenvalue weighted by Crippen LogP contribution is 2.25. The lowest BCUT2D eigenvalue weighted by molar-refractivity contribution is 0.200. The van der Waals surface area contributed by atoms with Gasteiger partial charge in [0, 0.05) is 11.8 Å². The van der Waals surface area contributed by atoms with E-state index >= 15 is 0 Å². The number of nitrogens with zero attached hydrogens (tertiary/aromatic N) is 2. The molecule has 5 heteroatoms. The zero-order valence-corrected chi connectivity index (χ0v) is 15.8. The lowest BCUT2D eigenvalue weighted by atomic mass is 10.1. The van der Waals surface area contributed by atoms with E-state index in [2.05, 4.69) is 36.5 Å². The van der Waals surface area contributed by atoms with Crippen LogP contribution in [0, 0.1) is 13.8 Å². The maximum atomic E-state index is 12.2. The molecule has 0 spiro atoms. The third kappa shape index (κ3) is 3.74. The molecule has 5 nitrogen and oxygen atoms in total. The topological polar surface area (TPSA) is 55.6 Å². The van der Waals surface area contributed by atoms with Gasteiger partial charge in [0.05, 0.1) is 17.9 Å². The number of carbonyl (C=O) groups excluding carboxylic acids is 1. The third-order valence-electron chi connectivity index (χ3n) is 4.54. The van der Waals surface area contributed by atoms with Gasteiger partial charge in [0.25, 0.3) is 0 Å². The number of ether oxygens (including phenoxy) is 1. The zero-order valence-electron chi connectivity index (χ0n) is 15.8. The molecule has 4 aromatic rings. The minimum absolute atomic E-state index is 0.305. The number of hydrogen-bond acceptors (Lipinski definition) is 3. The van der Waals surface area contributed by atoms with Crippen LogP contribution in [0.3, 0.4) is 0 Å². The van der Waals surface area contributed by atoms with Gasteiger partial charge in [-0.2, -0.15) is 0 Å². The molecule has 140 valence electrons. The number of amides is 1. The Balaban J connectivity index is 1.64. The number of rotatable bonds is 4. The fourth-order valence-corrected chi connectivity index (χ4v) is 3.10. The molecule has 4 rings (SSSR count). The monoisotopic (exact) mass is 371 g/mol. The van der Waals surface area contributed by atoms with Gasteiger partial charge in [-0.3, -0.25) is 0 Å². The zero-order chi connectivity index (χ0) is 19.5. The molecule has 0 saturated carbocycles. The van der Waals surface area contributed by atoms with E-state index in [1.165, 1.54) is 5.56 Å². The maximum Gasteiger partial charge on any atom is 0.412 e. The summed E-state index contributed by atoms with van der Waals surface area (Å²) in [5.41, 5.74) is 5.93. The van der Waals surface area contributed by atoms with Crippen LogP contribution in [-0.2, 0) is 6.54 Å². The first-order valence-corrected chi connectivity index (χ1v) is 9.15. The molecule has 0 aliphatic rings. The number of pyridine rings is 1. The summed E-state index contributed by atoms with van der Waals surface area (Å²) >= 11 is 0. The van der Waals surface area contributed by atoms with Gasteiger partial charge in [-0.1, -0.05) is 54.1 Å². The van der Waals surface area contributed by atoms with Crippen LogP contribution >= 0.6 is 0 Å². The first-order chi connectivity index (χ1) is 13.6. The molecule has 0 atom stereocenters. The Kier molecular flexibility index (Phi) is 4.81. The molecule has 0 fully saturated rings. The van der Waals surface area contributed by atoms with Crippen LogP contribution in [-0.4, -0.2) is 15.5 Å². The lowest BCUT2D eigenvalue weighted by Gasteiger charge is -2.09.